The van der Waals surface area contributed by atoms with Gasteiger partial charge in [0.1, 0.15) is 0 Å². The molecular formula is C15H17BrN2O. The summed E-state index contributed by atoms with van der Waals surface area (Å²) in [5.41, 5.74) is 0.960. The molecule has 0 fully saturated rings. The fourth-order valence-corrected chi connectivity index (χ4v) is 2.21. The molecule has 0 radical (unpaired) electrons. The van der Waals surface area contributed by atoms with Crippen LogP contribution in [0.1, 0.15) is 13.3 Å². The minimum Gasteiger partial charge on any atom is -0.376 e. The molecule has 0 spiro atoms. The van der Waals surface area contributed by atoms with Crippen molar-refractivity contribution in [2.24, 2.45) is 0 Å². The van der Waals surface area contributed by atoms with Crippen LogP contribution >= 0.6 is 15.9 Å². The van der Waals surface area contributed by atoms with E-state index in [0.717, 1.165) is 28.5 Å². The Morgan fingerprint density at radius 2 is 1.89 bits per heavy atom. The highest BCUT2D eigenvalue weighted by Crippen LogP contribution is 2.22. The molecule has 2 aromatic rings. The smallest absolute Gasteiger partial charge is 0.239 e. The predicted molar refractivity (Wildman–Crippen MR) is 83.4 cm³/mol. The van der Waals surface area contributed by atoms with Gasteiger partial charge in [0.2, 0.25) is 5.91 Å². The van der Waals surface area contributed by atoms with Crippen molar-refractivity contribution in [1.29, 1.82) is 0 Å². The number of anilines is 1. The Kier molecular flexibility index (Phi) is 4.80. The lowest BCUT2D eigenvalue weighted by atomic mass is 10.1. The first-order chi connectivity index (χ1) is 9.19. The Balaban J connectivity index is 2.01. The molecular weight excluding hydrogens is 304 g/mol. The highest BCUT2D eigenvalue weighted by Gasteiger charge is 2.01. The molecule has 0 unspecified atom stereocenters. The summed E-state index contributed by atoms with van der Waals surface area (Å²) in [5, 5.41) is 8.31. The summed E-state index contributed by atoms with van der Waals surface area (Å²) in [6.07, 6.45) is 0.955. The van der Waals surface area contributed by atoms with Crippen molar-refractivity contribution in [2.45, 2.75) is 13.3 Å². The molecule has 0 aliphatic rings. The number of carbonyl (C=O) groups is 1. The van der Waals surface area contributed by atoms with E-state index >= 15 is 0 Å². The van der Waals surface area contributed by atoms with Crippen LogP contribution in [0.3, 0.4) is 0 Å². The topological polar surface area (TPSA) is 41.1 Å². The van der Waals surface area contributed by atoms with E-state index in [1.54, 1.807) is 0 Å². The molecule has 0 aromatic heterocycles. The van der Waals surface area contributed by atoms with Crippen LogP contribution in [0.15, 0.2) is 40.9 Å². The maximum Gasteiger partial charge on any atom is 0.239 e. The Morgan fingerprint density at radius 1 is 1.16 bits per heavy atom. The molecule has 0 heterocycles. The number of benzene rings is 2. The van der Waals surface area contributed by atoms with Crippen LogP contribution in [0.4, 0.5) is 5.69 Å². The largest absolute Gasteiger partial charge is 0.376 e. The van der Waals surface area contributed by atoms with Gasteiger partial charge in [-0.05, 0) is 41.5 Å². The number of carbonyl (C=O) groups excluding carboxylic acids is 1. The summed E-state index contributed by atoms with van der Waals surface area (Å²) in [7, 11) is 0. The number of hydrogen-bond donors (Lipinski definition) is 2. The fraction of sp³-hybridized carbons (Fsp3) is 0.267. The van der Waals surface area contributed by atoms with Gasteiger partial charge >= 0.3 is 0 Å². The maximum absolute atomic E-state index is 11.5. The van der Waals surface area contributed by atoms with Crippen LogP contribution in [0.25, 0.3) is 10.8 Å². The van der Waals surface area contributed by atoms with Crippen LogP contribution in [0, 0.1) is 0 Å². The Morgan fingerprint density at radius 3 is 2.68 bits per heavy atom. The average molecular weight is 321 g/mol. The standard InChI is InChI=1S/C15H17BrN2O/c1-2-7-17-15(19)10-18-14-6-4-11-8-13(16)5-3-12(11)9-14/h3-6,8-9,18H,2,7,10H2,1H3,(H,17,19). The lowest BCUT2D eigenvalue weighted by molar-refractivity contribution is -0.119. The van der Waals surface area contributed by atoms with Crippen molar-refractivity contribution in [3.05, 3.63) is 40.9 Å². The minimum absolute atomic E-state index is 0.0257. The van der Waals surface area contributed by atoms with E-state index < -0.39 is 0 Å². The fourth-order valence-electron chi connectivity index (χ4n) is 1.84. The van der Waals surface area contributed by atoms with Crippen LogP contribution in [0.5, 0.6) is 0 Å². The zero-order valence-electron chi connectivity index (χ0n) is 10.9. The Labute approximate surface area is 121 Å². The van der Waals surface area contributed by atoms with E-state index in [1.807, 2.05) is 25.1 Å². The van der Waals surface area contributed by atoms with Crippen molar-refractivity contribution in [2.75, 3.05) is 18.4 Å². The molecule has 100 valence electrons. The van der Waals surface area contributed by atoms with Gasteiger partial charge in [0, 0.05) is 16.7 Å². The summed E-state index contributed by atoms with van der Waals surface area (Å²) in [4.78, 5) is 11.5. The van der Waals surface area contributed by atoms with E-state index in [2.05, 4.69) is 44.8 Å². The number of halogens is 1. The molecule has 0 bridgehead atoms. The van der Waals surface area contributed by atoms with Crippen LogP contribution in [-0.4, -0.2) is 19.0 Å². The number of hydrogen-bond acceptors (Lipinski definition) is 2. The second kappa shape index (κ2) is 6.57. The van der Waals surface area contributed by atoms with Crippen molar-refractivity contribution >= 4 is 38.3 Å². The minimum atomic E-state index is 0.0257. The molecule has 3 nitrogen and oxygen atoms in total. The van der Waals surface area contributed by atoms with Crippen molar-refractivity contribution < 1.29 is 4.79 Å². The third-order valence-corrected chi connectivity index (χ3v) is 3.32. The zero-order valence-corrected chi connectivity index (χ0v) is 12.5. The van der Waals surface area contributed by atoms with Crippen molar-refractivity contribution in [3.63, 3.8) is 0 Å². The third kappa shape index (κ3) is 3.96. The highest BCUT2D eigenvalue weighted by atomic mass is 79.9. The first-order valence-corrected chi connectivity index (χ1v) is 7.18. The second-order valence-electron chi connectivity index (χ2n) is 4.41. The number of nitrogens with one attached hydrogen (secondary N) is 2. The summed E-state index contributed by atoms with van der Waals surface area (Å²) < 4.78 is 1.07. The van der Waals surface area contributed by atoms with Gasteiger partial charge in [-0.25, -0.2) is 0 Å². The summed E-state index contributed by atoms with van der Waals surface area (Å²) in [6.45, 7) is 3.07. The monoisotopic (exact) mass is 320 g/mol. The van der Waals surface area contributed by atoms with Gasteiger partial charge in [-0.2, -0.15) is 0 Å². The molecule has 2 rings (SSSR count). The Bertz CT molecular complexity index is 583. The summed E-state index contributed by atoms with van der Waals surface area (Å²) >= 11 is 3.46. The molecule has 0 aliphatic carbocycles. The number of amides is 1. The SMILES string of the molecule is CCCNC(=O)CNc1ccc2cc(Br)ccc2c1. The van der Waals surface area contributed by atoms with Crippen molar-refractivity contribution in [3.8, 4) is 0 Å². The van der Waals surface area contributed by atoms with E-state index in [-0.39, 0.29) is 5.91 Å². The molecule has 2 aromatic carbocycles. The van der Waals surface area contributed by atoms with E-state index in [9.17, 15) is 4.79 Å². The highest BCUT2D eigenvalue weighted by molar-refractivity contribution is 9.10. The number of rotatable bonds is 5. The zero-order chi connectivity index (χ0) is 13.7. The van der Waals surface area contributed by atoms with Gasteiger partial charge in [-0.3, -0.25) is 4.79 Å². The van der Waals surface area contributed by atoms with Gasteiger partial charge in [0.15, 0.2) is 0 Å². The third-order valence-electron chi connectivity index (χ3n) is 2.83. The number of fused-ring (bicyclic) bond motifs is 1. The van der Waals surface area contributed by atoms with Crippen LogP contribution in [-0.2, 0) is 4.79 Å². The lowest BCUT2D eigenvalue weighted by Gasteiger charge is -2.08. The molecule has 0 aliphatic heterocycles. The van der Waals surface area contributed by atoms with E-state index in [4.69, 9.17) is 0 Å². The second-order valence-corrected chi connectivity index (χ2v) is 5.33. The first-order valence-electron chi connectivity index (χ1n) is 6.39. The van der Waals surface area contributed by atoms with Gasteiger partial charge < -0.3 is 10.6 Å². The van der Waals surface area contributed by atoms with Crippen molar-refractivity contribution in [1.82, 2.24) is 5.32 Å². The molecule has 2 N–H and O–H groups in total. The van der Waals surface area contributed by atoms with Gasteiger partial charge in [-0.1, -0.05) is 35.0 Å². The maximum atomic E-state index is 11.5. The molecule has 0 saturated heterocycles. The predicted octanol–water partition coefficient (Wildman–Crippen LogP) is 3.54. The average Bonchev–Trinajstić information content (AvgIpc) is 2.42. The van der Waals surface area contributed by atoms with Crippen LogP contribution in [0.2, 0.25) is 0 Å². The molecule has 4 heteroatoms. The first kappa shape index (κ1) is 13.9. The molecule has 0 saturated carbocycles. The van der Waals surface area contributed by atoms with Gasteiger partial charge in [0.25, 0.3) is 0 Å². The molecule has 19 heavy (non-hydrogen) atoms. The quantitative estimate of drug-likeness (QED) is 0.884. The molecule has 1 amide bonds. The molecule has 0 atom stereocenters. The normalized spacial score (nSPS) is 10.4. The summed E-state index contributed by atoms with van der Waals surface area (Å²) in [5.74, 6) is 0.0257. The van der Waals surface area contributed by atoms with Crippen LogP contribution < -0.4 is 10.6 Å². The van der Waals surface area contributed by atoms with E-state index in [1.165, 1.54) is 5.39 Å². The lowest BCUT2D eigenvalue weighted by Crippen LogP contribution is -2.30. The van der Waals surface area contributed by atoms with Gasteiger partial charge in [0.05, 0.1) is 6.54 Å². The Hall–Kier alpha value is -1.55. The van der Waals surface area contributed by atoms with E-state index in [0.29, 0.717) is 6.54 Å². The van der Waals surface area contributed by atoms with Gasteiger partial charge in [-0.15, -0.1) is 0 Å². The summed E-state index contributed by atoms with van der Waals surface area (Å²) in [6, 6.07) is 12.2.